The fraction of sp³-hybridized carbons (Fsp3) is 0.429. The molecule has 0 fully saturated rings. The number of aryl methyl sites for hydroxylation is 1. The second-order valence-electron chi connectivity index (χ2n) is 3.16. The van der Waals surface area contributed by atoms with Gasteiger partial charge in [0, 0.05) is 6.26 Å². The van der Waals surface area contributed by atoms with Gasteiger partial charge in [0.05, 0.1) is 18.5 Å². The number of nitrogen functional groups attached to an aromatic ring is 1. The van der Waals surface area contributed by atoms with Crippen LogP contribution in [-0.4, -0.2) is 36.1 Å². The fourth-order valence-electron chi connectivity index (χ4n) is 1.02. The maximum atomic E-state index is 10.9. The van der Waals surface area contributed by atoms with Gasteiger partial charge in [-0.05, 0) is 0 Å². The van der Waals surface area contributed by atoms with Crippen molar-refractivity contribution in [3.63, 3.8) is 0 Å². The molecule has 0 aliphatic carbocycles. The average Bonchev–Trinajstić information content (AvgIpc) is 2.42. The van der Waals surface area contributed by atoms with Crippen LogP contribution in [0.25, 0.3) is 0 Å². The van der Waals surface area contributed by atoms with Crippen molar-refractivity contribution in [1.82, 2.24) is 9.78 Å². The second-order valence-corrected chi connectivity index (χ2v) is 5.42. The summed E-state index contributed by atoms with van der Waals surface area (Å²) in [7, 11) is -3.08. The van der Waals surface area contributed by atoms with E-state index >= 15 is 0 Å². The highest BCUT2D eigenvalue weighted by Gasteiger charge is 2.13. The molecule has 1 aromatic rings. The molecule has 1 aromatic heterocycles. The van der Waals surface area contributed by atoms with E-state index in [-0.39, 0.29) is 23.7 Å². The van der Waals surface area contributed by atoms with Gasteiger partial charge in [-0.1, -0.05) is 0 Å². The normalized spacial score (nSPS) is 11.5. The Bertz CT molecular complexity index is 476. The van der Waals surface area contributed by atoms with Crippen LogP contribution in [-0.2, 0) is 16.4 Å². The van der Waals surface area contributed by atoms with Gasteiger partial charge < -0.3 is 11.5 Å². The summed E-state index contributed by atoms with van der Waals surface area (Å²) in [4.78, 5) is 10.8. The number of nitrogens with two attached hydrogens (primary N) is 2. The molecule has 15 heavy (non-hydrogen) atoms. The number of nitrogens with zero attached hydrogens (tertiary/aromatic N) is 2. The van der Waals surface area contributed by atoms with Crippen molar-refractivity contribution in [2.45, 2.75) is 6.54 Å². The van der Waals surface area contributed by atoms with E-state index < -0.39 is 15.7 Å². The Balaban J connectivity index is 2.84. The van der Waals surface area contributed by atoms with Crippen LogP contribution in [0, 0.1) is 0 Å². The molecule has 0 spiro atoms. The third kappa shape index (κ3) is 2.94. The molecule has 1 rings (SSSR count). The highest BCUT2D eigenvalue weighted by Crippen LogP contribution is 2.09. The van der Waals surface area contributed by atoms with Gasteiger partial charge in [-0.15, -0.1) is 0 Å². The van der Waals surface area contributed by atoms with Crippen molar-refractivity contribution in [3.05, 3.63) is 11.8 Å². The van der Waals surface area contributed by atoms with Crippen LogP contribution in [0.2, 0.25) is 0 Å². The Morgan fingerprint density at radius 1 is 1.60 bits per heavy atom. The molecule has 7 nitrogen and oxygen atoms in total. The minimum Gasteiger partial charge on any atom is -0.383 e. The first-order chi connectivity index (χ1) is 6.81. The van der Waals surface area contributed by atoms with Gasteiger partial charge in [0.1, 0.15) is 21.2 Å². The first-order valence-electron chi connectivity index (χ1n) is 4.10. The van der Waals surface area contributed by atoms with Crippen LogP contribution in [0.1, 0.15) is 10.4 Å². The van der Waals surface area contributed by atoms with E-state index in [2.05, 4.69) is 5.10 Å². The number of rotatable bonds is 4. The van der Waals surface area contributed by atoms with E-state index in [4.69, 9.17) is 11.5 Å². The first-order valence-corrected chi connectivity index (χ1v) is 6.16. The number of carbonyl (C=O) groups excluding carboxylic acids is 1. The van der Waals surface area contributed by atoms with Crippen molar-refractivity contribution in [1.29, 1.82) is 0 Å². The number of primary amides is 1. The molecule has 0 saturated carbocycles. The molecule has 0 aliphatic rings. The van der Waals surface area contributed by atoms with E-state index in [1.165, 1.54) is 10.9 Å². The van der Waals surface area contributed by atoms with Gasteiger partial charge in [-0.3, -0.25) is 4.79 Å². The highest BCUT2D eigenvalue weighted by molar-refractivity contribution is 7.90. The van der Waals surface area contributed by atoms with Gasteiger partial charge in [0.25, 0.3) is 5.91 Å². The molecule has 0 bridgehead atoms. The molecule has 0 saturated heterocycles. The highest BCUT2D eigenvalue weighted by atomic mass is 32.2. The van der Waals surface area contributed by atoms with E-state index in [0.717, 1.165) is 6.26 Å². The molecule has 84 valence electrons. The van der Waals surface area contributed by atoms with Gasteiger partial charge in [-0.25, -0.2) is 13.1 Å². The number of carbonyl (C=O) groups is 1. The summed E-state index contributed by atoms with van der Waals surface area (Å²) in [5.74, 6) is -0.680. The van der Waals surface area contributed by atoms with Crippen LogP contribution in [0.3, 0.4) is 0 Å². The van der Waals surface area contributed by atoms with Gasteiger partial charge >= 0.3 is 0 Å². The lowest BCUT2D eigenvalue weighted by atomic mass is 10.3. The van der Waals surface area contributed by atoms with Crippen molar-refractivity contribution in [2.75, 3.05) is 17.7 Å². The minimum atomic E-state index is -3.08. The summed E-state index contributed by atoms with van der Waals surface area (Å²) < 4.78 is 23.0. The van der Waals surface area contributed by atoms with Crippen LogP contribution in [0.5, 0.6) is 0 Å². The Morgan fingerprint density at radius 3 is 2.60 bits per heavy atom. The quantitative estimate of drug-likeness (QED) is 0.661. The van der Waals surface area contributed by atoms with Crippen LogP contribution < -0.4 is 11.5 Å². The third-order valence-corrected chi connectivity index (χ3v) is 2.74. The number of amides is 1. The zero-order valence-electron chi connectivity index (χ0n) is 8.17. The topological polar surface area (TPSA) is 121 Å². The molecule has 0 aliphatic heterocycles. The third-order valence-electron chi connectivity index (χ3n) is 1.82. The minimum absolute atomic E-state index is 0.0862. The maximum absolute atomic E-state index is 10.9. The summed E-state index contributed by atoms with van der Waals surface area (Å²) in [5.41, 5.74) is 10.7. The first kappa shape index (κ1) is 11.5. The van der Waals surface area contributed by atoms with Crippen molar-refractivity contribution < 1.29 is 13.2 Å². The van der Waals surface area contributed by atoms with Crippen LogP contribution in [0.4, 0.5) is 5.82 Å². The SMILES string of the molecule is CS(=O)(=O)CCn1ncc(C(N)=O)c1N. The van der Waals surface area contributed by atoms with Gasteiger partial charge in [0.2, 0.25) is 0 Å². The summed E-state index contributed by atoms with van der Waals surface area (Å²) >= 11 is 0. The second kappa shape index (κ2) is 3.89. The molecule has 8 heteroatoms. The lowest BCUT2D eigenvalue weighted by molar-refractivity contribution is 0.100. The molecule has 1 heterocycles. The summed E-state index contributed by atoms with van der Waals surface area (Å²) in [6.07, 6.45) is 2.33. The van der Waals surface area contributed by atoms with Crippen molar-refractivity contribution in [3.8, 4) is 0 Å². The summed E-state index contributed by atoms with van der Waals surface area (Å²) in [5, 5.41) is 3.77. The molecule has 0 aromatic carbocycles. The Morgan fingerprint density at radius 2 is 2.20 bits per heavy atom. The van der Waals surface area contributed by atoms with E-state index in [0.29, 0.717) is 0 Å². The Labute approximate surface area is 87.0 Å². The average molecular weight is 232 g/mol. The predicted molar refractivity (Wildman–Crippen MR) is 54.9 cm³/mol. The number of anilines is 1. The number of hydrogen-bond donors (Lipinski definition) is 2. The van der Waals surface area contributed by atoms with Gasteiger partial charge in [0.15, 0.2) is 0 Å². The predicted octanol–water partition coefficient (Wildman–Crippen LogP) is -1.39. The largest absolute Gasteiger partial charge is 0.383 e. The lowest BCUT2D eigenvalue weighted by Crippen LogP contribution is -2.16. The van der Waals surface area contributed by atoms with E-state index in [9.17, 15) is 13.2 Å². The van der Waals surface area contributed by atoms with Crippen molar-refractivity contribution >= 4 is 21.6 Å². The fourth-order valence-corrected chi connectivity index (χ4v) is 1.52. The molecule has 0 unspecified atom stereocenters. The summed E-state index contributed by atoms with van der Waals surface area (Å²) in [6, 6.07) is 0. The number of aromatic nitrogens is 2. The van der Waals surface area contributed by atoms with E-state index in [1.807, 2.05) is 0 Å². The van der Waals surface area contributed by atoms with Gasteiger partial charge in [-0.2, -0.15) is 5.10 Å². The molecule has 0 radical (unpaired) electrons. The monoisotopic (exact) mass is 232 g/mol. The molecular weight excluding hydrogens is 220 g/mol. The van der Waals surface area contributed by atoms with E-state index in [1.54, 1.807) is 0 Å². The number of sulfone groups is 1. The summed E-state index contributed by atoms with van der Waals surface area (Å²) in [6.45, 7) is 0.109. The zero-order valence-corrected chi connectivity index (χ0v) is 8.99. The Hall–Kier alpha value is -1.57. The number of hydrogen-bond acceptors (Lipinski definition) is 5. The van der Waals surface area contributed by atoms with Crippen LogP contribution in [0.15, 0.2) is 6.20 Å². The van der Waals surface area contributed by atoms with Crippen molar-refractivity contribution in [2.24, 2.45) is 5.73 Å². The molecule has 4 N–H and O–H groups in total. The maximum Gasteiger partial charge on any atom is 0.254 e. The lowest BCUT2D eigenvalue weighted by Gasteiger charge is -2.02. The smallest absolute Gasteiger partial charge is 0.254 e. The molecule has 1 amide bonds. The standard InChI is InChI=1S/C7H12N4O3S/c1-15(13,14)3-2-11-6(8)5(4-10-11)7(9)12/h4H,2-3,8H2,1H3,(H2,9,12). The molecular formula is C7H12N4O3S. The molecule has 0 atom stereocenters. The van der Waals surface area contributed by atoms with Crippen LogP contribution >= 0.6 is 0 Å². The Kier molecular flexibility index (Phi) is 2.98. The zero-order chi connectivity index (χ0) is 11.6.